The summed E-state index contributed by atoms with van der Waals surface area (Å²) in [6, 6.07) is 5.49. The van der Waals surface area contributed by atoms with Crippen LogP contribution in [0.15, 0.2) is 24.5 Å². The minimum Gasteiger partial charge on any atom is -0.486 e. The number of nitro groups is 1. The van der Waals surface area contributed by atoms with E-state index in [0.717, 1.165) is 25.7 Å². The maximum absolute atomic E-state index is 11.6. The number of aromatic nitrogens is 2. The summed E-state index contributed by atoms with van der Waals surface area (Å²) in [4.78, 5) is 19.3. The molecule has 1 aliphatic carbocycles. The monoisotopic (exact) mass is 357 g/mol. The Morgan fingerprint density at radius 3 is 2.58 bits per heavy atom. The van der Waals surface area contributed by atoms with Gasteiger partial charge >= 0.3 is 5.69 Å². The van der Waals surface area contributed by atoms with Gasteiger partial charge in [0.05, 0.1) is 4.92 Å². The molecule has 4 rings (SSSR count). The number of nitrogens with zero attached hydrogens (tertiary/aromatic N) is 3. The number of hydrogen-bond acceptors (Lipinski definition) is 8. The predicted octanol–water partition coefficient (Wildman–Crippen LogP) is 3.25. The quantitative estimate of drug-likeness (QED) is 0.619. The van der Waals surface area contributed by atoms with Crippen LogP contribution in [0.25, 0.3) is 0 Å². The Morgan fingerprint density at radius 1 is 1.08 bits per heavy atom. The molecule has 2 aromatic rings. The van der Waals surface area contributed by atoms with Gasteiger partial charge < -0.3 is 20.1 Å². The number of fused-ring (bicyclic) bond motifs is 1. The van der Waals surface area contributed by atoms with E-state index in [0.29, 0.717) is 30.4 Å². The molecular weight excluding hydrogens is 338 g/mol. The lowest BCUT2D eigenvalue weighted by molar-refractivity contribution is -0.383. The molecular formula is C17H19N5O4. The zero-order chi connectivity index (χ0) is 17.9. The van der Waals surface area contributed by atoms with Gasteiger partial charge in [0.25, 0.3) is 0 Å². The smallest absolute Gasteiger partial charge is 0.353 e. The second kappa shape index (κ2) is 7.03. The second-order valence-electron chi connectivity index (χ2n) is 6.29. The molecule has 1 aromatic carbocycles. The Hall–Kier alpha value is -3.10. The van der Waals surface area contributed by atoms with E-state index < -0.39 is 4.92 Å². The van der Waals surface area contributed by atoms with Crippen LogP contribution in [0.5, 0.6) is 11.5 Å². The van der Waals surface area contributed by atoms with E-state index in [1.165, 1.54) is 6.33 Å². The highest BCUT2D eigenvalue weighted by molar-refractivity contribution is 5.74. The van der Waals surface area contributed by atoms with E-state index in [4.69, 9.17) is 9.47 Å². The highest BCUT2D eigenvalue weighted by Crippen LogP contribution is 2.36. The number of hydrogen-bond donors (Lipinski definition) is 2. The lowest BCUT2D eigenvalue weighted by Gasteiger charge is -2.19. The predicted molar refractivity (Wildman–Crippen MR) is 95.3 cm³/mol. The van der Waals surface area contributed by atoms with Crippen LogP contribution in [-0.2, 0) is 0 Å². The lowest BCUT2D eigenvalue weighted by atomic mass is 10.2. The maximum atomic E-state index is 11.6. The molecule has 1 aliphatic heterocycles. The van der Waals surface area contributed by atoms with Gasteiger partial charge in [-0.15, -0.1) is 0 Å². The van der Waals surface area contributed by atoms with Crippen molar-refractivity contribution in [2.45, 2.75) is 31.7 Å². The van der Waals surface area contributed by atoms with Gasteiger partial charge in [0.2, 0.25) is 11.6 Å². The number of anilines is 3. The number of rotatable bonds is 5. The average molecular weight is 357 g/mol. The molecule has 0 bridgehead atoms. The molecule has 0 unspecified atom stereocenters. The van der Waals surface area contributed by atoms with Gasteiger partial charge in [-0.25, -0.2) is 9.97 Å². The van der Waals surface area contributed by atoms with Crippen molar-refractivity contribution in [3.63, 3.8) is 0 Å². The molecule has 136 valence electrons. The first-order valence-electron chi connectivity index (χ1n) is 8.63. The molecule has 2 heterocycles. The molecule has 26 heavy (non-hydrogen) atoms. The lowest BCUT2D eigenvalue weighted by Crippen LogP contribution is -2.17. The summed E-state index contributed by atoms with van der Waals surface area (Å²) < 4.78 is 11.0. The molecule has 0 saturated heterocycles. The number of benzene rings is 1. The van der Waals surface area contributed by atoms with Gasteiger partial charge in [-0.2, -0.15) is 0 Å². The van der Waals surface area contributed by atoms with Crippen LogP contribution >= 0.6 is 0 Å². The molecule has 0 atom stereocenters. The van der Waals surface area contributed by atoms with Gasteiger partial charge in [0.15, 0.2) is 11.5 Å². The topological polar surface area (TPSA) is 111 Å². The number of ether oxygens (including phenoxy) is 2. The zero-order valence-electron chi connectivity index (χ0n) is 14.1. The van der Waals surface area contributed by atoms with E-state index >= 15 is 0 Å². The third kappa shape index (κ3) is 3.32. The normalized spacial score (nSPS) is 16.3. The molecule has 2 aliphatic rings. The summed E-state index contributed by atoms with van der Waals surface area (Å²) in [6.45, 7) is 0.979. The van der Waals surface area contributed by atoms with E-state index in [1.54, 1.807) is 18.2 Å². The van der Waals surface area contributed by atoms with Crippen LogP contribution in [0.4, 0.5) is 23.0 Å². The third-order valence-corrected chi connectivity index (χ3v) is 4.51. The second-order valence-corrected chi connectivity index (χ2v) is 6.29. The van der Waals surface area contributed by atoms with Crippen LogP contribution in [0.1, 0.15) is 25.7 Å². The first-order chi connectivity index (χ1) is 12.7. The Morgan fingerprint density at radius 2 is 1.81 bits per heavy atom. The third-order valence-electron chi connectivity index (χ3n) is 4.51. The Labute approximate surface area is 149 Å². The molecule has 1 aromatic heterocycles. The van der Waals surface area contributed by atoms with Gasteiger partial charge in [-0.1, -0.05) is 12.8 Å². The summed E-state index contributed by atoms with van der Waals surface area (Å²) in [5.41, 5.74) is 0.470. The van der Waals surface area contributed by atoms with E-state index in [9.17, 15) is 10.1 Å². The summed E-state index contributed by atoms with van der Waals surface area (Å²) >= 11 is 0. The van der Waals surface area contributed by atoms with E-state index in [2.05, 4.69) is 20.6 Å². The molecule has 0 radical (unpaired) electrons. The van der Waals surface area contributed by atoms with Gasteiger partial charge in [0.1, 0.15) is 19.5 Å². The molecule has 9 nitrogen and oxygen atoms in total. The summed E-state index contributed by atoms with van der Waals surface area (Å²) in [6.07, 6.45) is 5.56. The first-order valence-corrected chi connectivity index (χ1v) is 8.63. The van der Waals surface area contributed by atoms with Crippen LogP contribution in [-0.4, -0.2) is 34.1 Å². The van der Waals surface area contributed by atoms with Crippen molar-refractivity contribution in [3.05, 3.63) is 34.6 Å². The Kier molecular flexibility index (Phi) is 4.42. The van der Waals surface area contributed by atoms with Crippen LogP contribution in [0, 0.1) is 10.1 Å². The van der Waals surface area contributed by atoms with Crippen LogP contribution < -0.4 is 20.1 Å². The Bertz CT molecular complexity index is 823. The van der Waals surface area contributed by atoms with Crippen molar-refractivity contribution in [2.75, 3.05) is 23.8 Å². The van der Waals surface area contributed by atoms with Crippen molar-refractivity contribution in [3.8, 4) is 11.5 Å². The van der Waals surface area contributed by atoms with Crippen molar-refractivity contribution in [1.29, 1.82) is 0 Å². The largest absolute Gasteiger partial charge is 0.486 e. The fraction of sp³-hybridized carbons (Fsp3) is 0.412. The average Bonchev–Trinajstić information content (AvgIpc) is 3.14. The van der Waals surface area contributed by atoms with Crippen molar-refractivity contribution in [1.82, 2.24) is 9.97 Å². The minimum absolute atomic E-state index is 0.141. The van der Waals surface area contributed by atoms with Crippen molar-refractivity contribution >= 4 is 23.0 Å². The minimum atomic E-state index is -0.461. The zero-order valence-corrected chi connectivity index (χ0v) is 14.1. The van der Waals surface area contributed by atoms with Crippen LogP contribution in [0.3, 0.4) is 0 Å². The summed E-state index contributed by atoms with van der Waals surface area (Å²) in [7, 11) is 0. The fourth-order valence-electron chi connectivity index (χ4n) is 3.27. The van der Waals surface area contributed by atoms with Crippen molar-refractivity contribution < 1.29 is 14.4 Å². The van der Waals surface area contributed by atoms with Crippen LogP contribution in [0.2, 0.25) is 0 Å². The molecule has 0 spiro atoms. The summed E-state index contributed by atoms with van der Waals surface area (Å²) in [5.74, 6) is 1.64. The van der Waals surface area contributed by atoms with Gasteiger partial charge in [-0.3, -0.25) is 10.1 Å². The molecule has 1 fully saturated rings. The fourth-order valence-corrected chi connectivity index (χ4v) is 3.27. The molecule has 9 heteroatoms. The van der Waals surface area contributed by atoms with Gasteiger partial charge in [0, 0.05) is 17.8 Å². The Balaban J connectivity index is 1.62. The highest BCUT2D eigenvalue weighted by Gasteiger charge is 2.26. The maximum Gasteiger partial charge on any atom is 0.353 e. The standard InChI is InChI=1S/C17H19N5O4/c23-22(24)15-16(20-11-3-1-2-4-11)18-10-19-17(15)21-12-5-6-13-14(9-12)26-8-7-25-13/h5-6,9-11H,1-4,7-8H2,(H2,18,19,20,21). The molecule has 1 saturated carbocycles. The molecule has 2 N–H and O–H groups in total. The SMILES string of the molecule is O=[N+]([O-])c1c(Nc2ccc3c(c2)OCCO3)ncnc1NC1CCCC1. The van der Waals surface area contributed by atoms with E-state index in [-0.39, 0.29) is 23.4 Å². The highest BCUT2D eigenvalue weighted by atomic mass is 16.6. The molecule has 0 amide bonds. The summed E-state index contributed by atoms with van der Waals surface area (Å²) in [5, 5.41) is 17.8. The van der Waals surface area contributed by atoms with Crippen molar-refractivity contribution in [2.24, 2.45) is 0 Å². The number of nitrogens with one attached hydrogen (secondary N) is 2. The van der Waals surface area contributed by atoms with Gasteiger partial charge in [-0.05, 0) is 25.0 Å². The van der Waals surface area contributed by atoms with E-state index in [1.807, 2.05) is 0 Å². The first kappa shape index (κ1) is 16.4.